The van der Waals surface area contributed by atoms with Gasteiger partial charge in [0, 0.05) is 13.0 Å². The van der Waals surface area contributed by atoms with E-state index in [1.54, 1.807) is 0 Å². The molecule has 0 saturated carbocycles. The van der Waals surface area contributed by atoms with Gasteiger partial charge in [0.1, 0.15) is 10.6 Å². The molecule has 0 bridgehead atoms. The van der Waals surface area contributed by atoms with Gasteiger partial charge < -0.3 is 9.29 Å². The molecule has 0 saturated heterocycles. The summed E-state index contributed by atoms with van der Waals surface area (Å²) in [4.78, 5) is 18.4. The maximum absolute atomic E-state index is 13.2. The van der Waals surface area contributed by atoms with Crippen LogP contribution in [0.3, 0.4) is 0 Å². The molecule has 0 aromatic heterocycles. The van der Waals surface area contributed by atoms with E-state index in [1.165, 1.54) is 25.1 Å². The zero-order chi connectivity index (χ0) is 19.1. The molecule has 1 amide bonds. The lowest BCUT2D eigenvalue weighted by molar-refractivity contribution is 0.182. The standard InChI is InChI=1S/C15H11F2N3O5S/c1-15(20-14(21)22)18-12-5-2-8(6-13(12)19-15)25-26(23,24)9-3-4-10(16)11(17)7-9/h2-7,20H,1H3,(H,21,22). The number of benzene rings is 2. The predicted octanol–water partition coefficient (Wildman–Crippen LogP) is 0.927. The molecule has 11 heteroatoms. The van der Waals surface area contributed by atoms with Crippen molar-refractivity contribution in [2.24, 2.45) is 9.98 Å². The topological polar surface area (TPSA) is 117 Å². The van der Waals surface area contributed by atoms with Crippen LogP contribution < -0.4 is 20.2 Å². The molecule has 1 heterocycles. The first kappa shape index (κ1) is 17.7. The van der Waals surface area contributed by atoms with E-state index >= 15 is 0 Å². The number of amides is 1. The lowest BCUT2D eigenvalue weighted by Gasteiger charge is -2.16. The van der Waals surface area contributed by atoms with Gasteiger partial charge in [0.15, 0.2) is 11.6 Å². The van der Waals surface area contributed by atoms with Gasteiger partial charge in [0.2, 0.25) is 5.79 Å². The van der Waals surface area contributed by atoms with Crippen LogP contribution in [-0.4, -0.2) is 25.4 Å². The zero-order valence-corrected chi connectivity index (χ0v) is 13.9. The zero-order valence-electron chi connectivity index (χ0n) is 13.1. The highest BCUT2D eigenvalue weighted by atomic mass is 32.2. The number of fused-ring (bicyclic) bond motifs is 1. The minimum Gasteiger partial charge on any atom is -0.465 e. The molecule has 8 nitrogen and oxygen atoms in total. The molecule has 1 aliphatic rings. The van der Waals surface area contributed by atoms with Crippen molar-refractivity contribution in [3.8, 4) is 5.75 Å². The average Bonchev–Trinajstić information content (AvgIpc) is 2.83. The fourth-order valence-corrected chi connectivity index (χ4v) is 3.23. The lowest BCUT2D eigenvalue weighted by Crippen LogP contribution is -2.41. The number of carbonyl (C=O) groups is 1. The van der Waals surface area contributed by atoms with E-state index in [-0.39, 0.29) is 11.1 Å². The Morgan fingerprint density at radius 3 is 2.46 bits per heavy atom. The minimum atomic E-state index is -4.41. The number of rotatable bonds is 4. The Kier molecular flexibility index (Phi) is 4.11. The van der Waals surface area contributed by atoms with E-state index < -0.39 is 38.5 Å². The van der Waals surface area contributed by atoms with Crippen molar-refractivity contribution in [3.63, 3.8) is 0 Å². The number of nitrogens with zero attached hydrogens (tertiary/aromatic N) is 2. The third-order valence-electron chi connectivity index (χ3n) is 3.35. The van der Waals surface area contributed by atoms with Crippen LogP contribution >= 0.6 is 0 Å². The van der Waals surface area contributed by atoms with Crippen LogP contribution in [0.4, 0.5) is 13.6 Å². The summed E-state index contributed by atoms with van der Waals surface area (Å²) in [6.45, 7) is 1.42. The van der Waals surface area contributed by atoms with Gasteiger partial charge in [-0.2, -0.15) is 8.42 Å². The van der Waals surface area contributed by atoms with E-state index in [1.807, 2.05) is 0 Å². The molecular weight excluding hydrogens is 372 g/mol. The Bertz CT molecular complexity index is 1140. The van der Waals surface area contributed by atoms with Gasteiger partial charge in [-0.1, -0.05) is 0 Å². The van der Waals surface area contributed by atoms with E-state index in [0.29, 0.717) is 17.5 Å². The van der Waals surface area contributed by atoms with Crippen molar-refractivity contribution in [2.75, 3.05) is 0 Å². The fourth-order valence-electron chi connectivity index (χ4n) is 2.30. The fraction of sp³-hybridized carbons (Fsp3) is 0.133. The summed E-state index contributed by atoms with van der Waals surface area (Å²) in [5.74, 6) is -4.10. The lowest BCUT2D eigenvalue weighted by atomic mass is 10.3. The van der Waals surface area contributed by atoms with Crippen LogP contribution in [0.15, 0.2) is 51.3 Å². The Morgan fingerprint density at radius 2 is 1.81 bits per heavy atom. The molecule has 1 atom stereocenters. The van der Waals surface area contributed by atoms with E-state index in [9.17, 15) is 22.0 Å². The second kappa shape index (κ2) is 6.02. The number of nitrogens with one attached hydrogen (secondary N) is 1. The largest absolute Gasteiger partial charge is 0.465 e. The van der Waals surface area contributed by atoms with E-state index in [0.717, 1.165) is 6.07 Å². The highest BCUT2D eigenvalue weighted by Gasteiger charge is 2.27. The molecule has 3 rings (SSSR count). The first-order chi connectivity index (χ1) is 12.1. The molecule has 2 N–H and O–H groups in total. The van der Waals surface area contributed by atoms with Crippen LogP contribution in [0, 0.1) is 11.6 Å². The van der Waals surface area contributed by atoms with Gasteiger partial charge in [0.05, 0.1) is 10.7 Å². The minimum absolute atomic E-state index is 0.146. The number of hydrogen-bond donors (Lipinski definition) is 2. The maximum atomic E-state index is 13.2. The van der Waals surface area contributed by atoms with Crippen molar-refractivity contribution in [1.29, 1.82) is 0 Å². The molecule has 1 unspecified atom stereocenters. The van der Waals surface area contributed by atoms with Gasteiger partial charge in [0.25, 0.3) is 0 Å². The molecule has 2 aromatic carbocycles. The summed E-state index contributed by atoms with van der Waals surface area (Å²) >= 11 is 0. The molecule has 0 spiro atoms. The van der Waals surface area contributed by atoms with Crippen molar-refractivity contribution in [1.82, 2.24) is 5.32 Å². The van der Waals surface area contributed by atoms with Crippen LogP contribution in [0.2, 0.25) is 0 Å². The van der Waals surface area contributed by atoms with Gasteiger partial charge >= 0.3 is 16.2 Å². The summed E-state index contributed by atoms with van der Waals surface area (Å²) in [5, 5.41) is 11.5. The van der Waals surface area contributed by atoms with Gasteiger partial charge in [-0.05, 0) is 30.3 Å². The van der Waals surface area contributed by atoms with Crippen LogP contribution in [0.5, 0.6) is 5.75 Å². The molecular formula is C15H11F2N3O5S. The molecule has 0 aliphatic carbocycles. The summed E-state index contributed by atoms with van der Waals surface area (Å²) in [7, 11) is -4.41. The van der Waals surface area contributed by atoms with Gasteiger partial charge in [-0.25, -0.2) is 23.6 Å². The number of hydrogen-bond acceptors (Lipinski definition) is 6. The van der Waals surface area contributed by atoms with Crippen LogP contribution in [0.1, 0.15) is 6.92 Å². The smallest absolute Gasteiger partial charge is 0.408 e. The number of halogens is 2. The molecule has 26 heavy (non-hydrogen) atoms. The third kappa shape index (κ3) is 3.47. The van der Waals surface area contributed by atoms with Crippen molar-refractivity contribution in [2.45, 2.75) is 17.6 Å². The highest BCUT2D eigenvalue weighted by molar-refractivity contribution is 7.87. The quantitative estimate of drug-likeness (QED) is 0.762. The SMILES string of the molecule is CC1(NC(=O)O)N=c2ccc(OS(=O)(=O)c3ccc(F)c(F)c3)cc2=N1. The van der Waals surface area contributed by atoms with Gasteiger partial charge in [-0.3, -0.25) is 5.32 Å². The van der Waals surface area contributed by atoms with Gasteiger partial charge in [-0.15, -0.1) is 0 Å². The van der Waals surface area contributed by atoms with Crippen LogP contribution in [-0.2, 0) is 10.1 Å². The normalized spacial score (nSPS) is 18.4. The number of carboxylic acid groups (broad SMARTS) is 1. The molecule has 0 fully saturated rings. The van der Waals surface area contributed by atoms with Crippen molar-refractivity contribution < 1.29 is 31.3 Å². The molecule has 136 valence electrons. The first-order valence-corrected chi connectivity index (χ1v) is 8.49. The molecule has 0 radical (unpaired) electrons. The highest BCUT2D eigenvalue weighted by Crippen LogP contribution is 2.19. The Balaban J connectivity index is 1.93. The van der Waals surface area contributed by atoms with Crippen molar-refractivity contribution >= 4 is 16.2 Å². The third-order valence-corrected chi connectivity index (χ3v) is 4.60. The Hall–Kier alpha value is -3.08. The monoisotopic (exact) mass is 383 g/mol. The van der Waals surface area contributed by atoms with E-state index in [4.69, 9.17) is 9.29 Å². The Labute approximate surface area is 145 Å². The first-order valence-electron chi connectivity index (χ1n) is 7.08. The predicted molar refractivity (Wildman–Crippen MR) is 82.5 cm³/mol. The summed E-state index contributed by atoms with van der Waals surface area (Å²) in [6.07, 6.45) is -1.33. The average molecular weight is 383 g/mol. The summed E-state index contributed by atoms with van der Waals surface area (Å²) in [5.41, 5.74) is 0. The van der Waals surface area contributed by atoms with Crippen LogP contribution in [0.25, 0.3) is 0 Å². The molecule has 2 aromatic rings. The second-order valence-corrected chi connectivity index (χ2v) is 6.98. The second-order valence-electron chi connectivity index (χ2n) is 5.44. The summed E-state index contributed by atoms with van der Waals surface area (Å²) < 4.78 is 55.5. The van der Waals surface area contributed by atoms with Crippen molar-refractivity contribution in [3.05, 3.63) is 58.7 Å². The summed E-state index contributed by atoms with van der Waals surface area (Å²) in [6, 6.07) is 5.96. The van der Waals surface area contributed by atoms with E-state index in [2.05, 4.69) is 15.3 Å². The maximum Gasteiger partial charge on any atom is 0.408 e. The Morgan fingerprint density at radius 1 is 1.12 bits per heavy atom. The molecule has 1 aliphatic heterocycles.